The third-order valence-electron chi connectivity index (χ3n) is 3.38. The van der Waals surface area contributed by atoms with Crippen LogP contribution in [0.3, 0.4) is 0 Å². The molecule has 1 aliphatic heterocycles. The number of aryl methyl sites for hydroxylation is 1. The van der Waals surface area contributed by atoms with Gasteiger partial charge in [0.05, 0.1) is 9.94 Å². The van der Waals surface area contributed by atoms with Crippen LogP contribution in [-0.2, 0) is 11.2 Å². The van der Waals surface area contributed by atoms with Crippen molar-refractivity contribution in [1.82, 2.24) is 5.32 Å². The average molecular weight is 306 g/mol. The van der Waals surface area contributed by atoms with Crippen LogP contribution < -0.4 is 5.32 Å². The number of benzene rings is 1. The van der Waals surface area contributed by atoms with E-state index >= 15 is 0 Å². The Kier molecular flexibility index (Phi) is 3.68. The van der Waals surface area contributed by atoms with Gasteiger partial charge in [0, 0.05) is 0 Å². The summed E-state index contributed by atoms with van der Waals surface area (Å²) in [5, 5.41) is 2.61. The molecule has 1 heterocycles. The molecule has 5 heteroatoms. The van der Waals surface area contributed by atoms with E-state index in [1.807, 2.05) is 18.2 Å². The standard InChI is InChI=1S/C15H12ClNO2S/c16-13-10(8-12-14(18)17-15(19)20-12)6-3-5-9-4-1-2-7-11(9)13/h1-2,4,7-8H,3,5-6H2,(H,17,18,19)/b12-8-. The van der Waals surface area contributed by atoms with Crippen molar-refractivity contribution in [2.45, 2.75) is 19.3 Å². The Balaban J connectivity index is 2.03. The van der Waals surface area contributed by atoms with Crippen molar-refractivity contribution in [2.75, 3.05) is 0 Å². The van der Waals surface area contributed by atoms with Crippen LogP contribution in [0.1, 0.15) is 24.0 Å². The van der Waals surface area contributed by atoms with Crippen molar-refractivity contribution in [3.8, 4) is 0 Å². The van der Waals surface area contributed by atoms with Crippen LogP contribution in [0, 0.1) is 0 Å². The highest BCUT2D eigenvalue weighted by atomic mass is 35.5. The lowest BCUT2D eigenvalue weighted by Crippen LogP contribution is -2.17. The lowest BCUT2D eigenvalue weighted by atomic mass is 10.0. The molecule has 3 rings (SSSR count). The number of rotatable bonds is 1. The van der Waals surface area contributed by atoms with Crippen molar-refractivity contribution in [3.63, 3.8) is 0 Å². The molecular formula is C15H12ClNO2S. The number of hydrogen-bond acceptors (Lipinski definition) is 3. The third-order valence-corrected chi connectivity index (χ3v) is 4.63. The van der Waals surface area contributed by atoms with E-state index in [0.717, 1.165) is 42.2 Å². The molecule has 0 bridgehead atoms. The number of allylic oxidation sites excluding steroid dienone is 2. The van der Waals surface area contributed by atoms with E-state index in [4.69, 9.17) is 11.6 Å². The molecule has 2 amide bonds. The first kappa shape index (κ1) is 13.5. The number of amides is 2. The van der Waals surface area contributed by atoms with E-state index in [9.17, 15) is 9.59 Å². The van der Waals surface area contributed by atoms with Crippen molar-refractivity contribution in [3.05, 3.63) is 51.9 Å². The summed E-state index contributed by atoms with van der Waals surface area (Å²) in [5.74, 6) is -0.338. The molecule has 0 saturated carbocycles. The summed E-state index contributed by atoms with van der Waals surface area (Å²) in [6, 6.07) is 8.03. The van der Waals surface area contributed by atoms with Gasteiger partial charge in [0.2, 0.25) is 0 Å². The van der Waals surface area contributed by atoms with Gasteiger partial charge in [-0.25, -0.2) is 0 Å². The van der Waals surface area contributed by atoms with Gasteiger partial charge in [-0.3, -0.25) is 14.9 Å². The summed E-state index contributed by atoms with van der Waals surface area (Å²) in [6.07, 6.45) is 4.50. The van der Waals surface area contributed by atoms with Gasteiger partial charge in [-0.05, 0) is 53.8 Å². The second-order valence-corrected chi connectivity index (χ2v) is 6.09. The molecule has 1 aromatic rings. The molecule has 0 spiro atoms. The van der Waals surface area contributed by atoms with Crippen molar-refractivity contribution < 1.29 is 9.59 Å². The van der Waals surface area contributed by atoms with E-state index in [0.29, 0.717) is 9.94 Å². The fraction of sp³-hybridized carbons (Fsp3) is 0.200. The zero-order chi connectivity index (χ0) is 14.1. The Morgan fingerprint density at radius 1 is 1.20 bits per heavy atom. The second-order valence-electron chi connectivity index (χ2n) is 4.70. The molecule has 1 aliphatic carbocycles. The topological polar surface area (TPSA) is 46.2 Å². The first-order valence-electron chi connectivity index (χ1n) is 6.37. The Bertz CT molecular complexity index is 664. The zero-order valence-electron chi connectivity index (χ0n) is 10.6. The maximum absolute atomic E-state index is 11.6. The minimum absolute atomic E-state index is 0.327. The number of thioether (sulfide) groups is 1. The molecule has 0 radical (unpaired) electrons. The predicted octanol–water partition coefficient (Wildman–Crippen LogP) is 3.84. The van der Waals surface area contributed by atoms with Crippen molar-refractivity contribution in [1.29, 1.82) is 0 Å². The first-order valence-corrected chi connectivity index (χ1v) is 7.56. The molecule has 0 aromatic heterocycles. The summed E-state index contributed by atoms with van der Waals surface area (Å²) in [5.41, 5.74) is 3.17. The third kappa shape index (κ3) is 2.53. The summed E-state index contributed by atoms with van der Waals surface area (Å²) >= 11 is 7.42. The molecule has 20 heavy (non-hydrogen) atoms. The van der Waals surface area contributed by atoms with Crippen LogP contribution in [0.15, 0.2) is 40.8 Å². The first-order chi connectivity index (χ1) is 9.65. The summed E-state index contributed by atoms with van der Waals surface area (Å²) in [4.78, 5) is 23.2. The zero-order valence-corrected chi connectivity index (χ0v) is 12.2. The van der Waals surface area contributed by atoms with Gasteiger partial charge < -0.3 is 0 Å². The molecule has 1 aromatic carbocycles. The number of carbonyl (C=O) groups is 2. The van der Waals surface area contributed by atoms with E-state index in [1.165, 1.54) is 5.56 Å². The summed E-state index contributed by atoms with van der Waals surface area (Å²) in [6.45, 7) is 0. The SMILES string of the molecule is O=C1NC(=O)/C(=C/C2=C(Cl)c3ccccc3CCC2)S1. The molecule has 102 valence electrons. The lowest BCUT2D eigenvalue weighted by Gasteiger charge is -2.06. The lowest BCUT2D eigenvalue weighted by molar-refractivity contribution is -0.115. The molecule has 1 saturated heterocycles. The Morgan fingerprint density at radius 2 is 2.00 bits per heavy atom. The van der Waals surface area contributed by atoms with Gasteiger partial charge in [0.1, 0.15) is 0 Å². The highest BCUT2D eigenvalue weighted by molar-refractivity contribution is 8.18. The van der Waals surface area contributed by atoms with Crippen LogP contribution in [0.5, 0.6) is 0 Å². The van der Waals surface area contributed by atoms with E-state index in [-0.39, 0.29) is 11.1 Å². The average Bonchev–Trinajstić information content (AvgIpc) is 2.66. The highest BCUT2D eigenvalue weighted by Crippen LogP contribution is 2.35. The smallest absolute Gasteiger partial charge is 0.282 e. The number of carbonyl (C=O) groups excluding carboxylic acids is 2. The van der Waals surface area contributed by atoms with Gasteiger partial charge in [0.15, 0.2) is 0 Å². The van der Waals surface area contributed by atoms with Crippen LogP contribution in [0.4, 0.5) is 4.79 Å². The monoisotopic (exact) mass is 305 g/mol. The Labute approximate surface area is 126 Å². The van der Waals surface area contributed by atoms with Crippen LogP contribution in [0.2, 0.25) is 0 Å². The maximum atomic E-state index is 11.6. The van der Waals surface area contributed by atoms with Gasteiger partial charge in [-0.2, -0.15) is 0 Å². The predicted molar refractivity (Wildman–Crippen MR) is 81.4 cm³/mol. The van der Waals surface area contributed by atoms with Crippen molar-refractivity contribution >= 4 is 39.5 Å². The Morgan fingerprint density at radius 3 is 2.75 bits per heavy atom. The molecule has 1 N–H and O–H groups in total. The van der Waals surface area contributed by atoms with Gasteiger partial charge in [-0.1, -0.05) is 35.9 Å². The van der Waals surface area contributed by atoms with Gasteiger partial charge in [-0.15, -0.1) is 0 Å². The van der Waals surface area contributed by atoms with E-state index in [1.54, 1.807) is 6.08 Å². The molecule has 1 fully saturated rings. The second kappa shape index (κ2) is 5.46. The largest absolute Gasteiger partial charge is 0.290 e. The van der Waals surface area contributed by atoms with E-state index in [2.05, 4.69) is 11.4 Å². The molecule has 2 aliphatic rings. The van der Waals surface area contributed by atoms with Crippen LogP contribution >= 0.6 is 23.4 Å². The van der Waals surface area contributed by atoms with Gasteiger partial charge >= 0.3 is 0 Å². The normalized spacial score (nSPS) is 20.9. The quantitative estimate of drug-likeness (QED) is 0.802. The summed E-state index contributed by atoms with van der Waals surface area (Å²) in [7, 11) is 0. The van der Waals surface area contributed by atoms with Gasteiger partial charge in [0.25, 0.3) is 11.1 Å². The fourth-order valence-corrected chi connectivity index (χ4v) is 3.44. The maximum Gasteiger partial charge on any atom is 0.290 e. The number of hydrogen-bond donors (Lipinski definition) is 1. The van der Waals surface area contributed by atoms with Crippen LogP contribution in [0.25, 0.3) is 5.03 Å². The fourth-order valence-electron chi connectivity index (χ4n) is 2.42. The number of imide groups is 1. The number of halogens is 1. The minimum Gasteiger partial charge on any atom is -0.282 e. The number of fused-ring (bicyclic) bond motifs is 1. The van der Waals surface area contributed by atoms with Crippen molar-refractivity contribution in [2.24, 2.45) is 0 Å². The van der Waals surface area contributed by atoms with E-state index < -0.39 is 0 Å². The van der Waals surface area contributed by atoms with Crippen LogP contribution in [-0.4, -0.2) is 11.1 Å². The molecule has 3 nitrogen and oxygen atoms in total. The summed E-state index contributed by atoms with van der Waals surface area (Å²) < 4.78 is 0. The highest BCUT2D eigenvalue weighted by Gasteiger charge is 2.26. The Hall–Kier alpha value is -1.52. The minimum atomic E-state index is -0.338. The molecule has 0 unspecified atom stereocenters. The molecular weight excluding hydrogens is 294 g/mol. The molecule has 0 atom stereocenters. The number of nitrogens with one attached hydrogen (secondary N) is 1.